The first-order chi connectivity index (χ1) is 19.0. The Morgan fingerprint density at radius 2 is 1.56 bits per heavy atom. The highest BCUT2D eigenvalue weighted by Crippen LogP contribution is 2.32. The van der Waals surface area contributed by atoms with Gasteiger partial charge in [0.05, 0.1) is 11.9 Å². The van der Waals surface area contributed by atoms with Crippen LogP contribution < -0.4 is 21.0 Å². The number of rotatable bonds is 7. The third kappa shape index (κ3) is 7.04. The number of hydrogen-bond acceptors (Lipinski definition) is 6. The van der Waals surface area contributed by atoms with Crippen molar-refractivity contribution in [3.05, 3.63) is 59.2 Å². The van der Waals surface area contributed by atoms with Crippen LogP contribution in [-0.4, -0.2) is 79.5 Å². The molecule has 5 rings (SSSR count). The fraction of sp³-hybridized carbons (Fsp3) is 0.517. The van der Waals surface area contributed by atoms with Crippen LogP contribution in [-0.2, 0) is 6.54 Å². The molecule has 0 radical (unpaired) electrons. The van der Waals surface area contributed by atoms with Crippen molar-refractivity contribution in [1.29, 1.82) is 0 Å². The van der Waals surface area contributed by atoms with Gasteiger partial charge in [0.1, 0.15) is 11.6 Å². The highest BCUT2D eigenvalue weighted by atomic mass is 32.1. The van der Waals surface area contributed by atoms with Crippen molar-refractivity contribution in [2.75, 3.05) is 62.2 Å². The second-order valence-corrected chi connectivity index (χ2v) is 11.2. The van der Waals surface area contributed by atoms with E-state index in [0.717, 1.165) is 45.0 Å². The van der Waals surface area contributed by atoms with Crippen molar-refractivity contribution in [3.63, 3.8) is 0 Å². The van der Waals surface area contributed by atoms with Crippen molar-refractivity contribution >= 4 is 34.9 Å². The second kappa shape index (κ2) is 13.0. The molecule has 0 atom stereocenters. The molecule has 2 aromatic rings. The lowest BCUT2D eigenvalue weighted by molar-refractivity contribution is 0.148. The number of nitrogens with one attached hydrogen (secondary N) is 1. The summed E-state index contributed by atoms with van der Waals surface area (Å²) in [4.78, 5) is 9.31. The van der Waals surface area contributed by atoms with E-state index in [1.807, 2.05) is 18.2 Å². The summed E-state index contributed by atoms with van der Waals surface area (Å²) >= 11 is 4.87. The molecular formula is C29H39F2N7S. The van der Waals surface area contributed by atoms with Crippen LogP contribution in [0.5, 0.6) is 0 Å². The molecule has 0 amide bonds. The Bertz CT molecular complexity index is 1150. The first-order valence-electron chi connectivity index (χ1n) is 14.1. The molecule has 7 nitrogen and oxygen atoms in total. The molecule has 3 aliphatic rings. The van der Waals surface area contributed by atoms with Crippen molar-refractivity contribution in [1.82, 2.24) is 15.2 Å². The summed E-state index contributed by atoms with van der Waals surface area (Å²) in [7, 11) is 0. The van der Waals surface area contributed by atoms with Gasteiger partial charge in [-0.2, -0.15) is 5.10 Å². The van der Waals surface area contributed by atoms with Crippen LogP contribution in [0.1, 0.15) is 43.2 Å². The van der Waals surface area contributed by atoms with Gasteiger partial charge in [0.15, 0.2) is 5.11 Å². The maximum Gasteiger partial charge on any atom is 0.184 e. The van der Waals surface area contributed by atoms with Crippen LogP contribution in [0.4, 0.5) is 20.2 Å². The van der Waals surface area contributed by atoms with Crippen LogP contribution in [0.3, 0.4) is 0 Å². The number of halogens is 2. The molecule has 1 saturated carbocycles. The fourth-order valence-electron chi connectivity index (χ4n) is 6.14. The zero-order chi connectivity index (χ0) is 27.2. The van der Waals surface area contributed by atoms with E-state index in [1.54, 1.807) is 18.3 Å². The van der Waals surface area contributed by atoms with Crippen molar-refractivity contribution in [2.24, 2.45) is 10.8 Å². The Kier molecular flexibility index (Phi) is 9.26. The summed E-state index contributed by atoms with van der Waals surface area (Å²) in [5, 5.41) is 4.20. The molecule has 0 spiro atoms. The molecule has 0 aromatic heterocycles. The van der Waals surface area contributed by atoms with Gasteiger partial charge in [-0.25, -0.2) is 8.78 Å². The first kappa shape index (κ1) is 27.7. The molecule has 10 heteroatoms. The number of hydrogen-bond donors (Lipinski definition) is 2. The van der Waals surface area contributed by atoms with Gasteiger partial charge in [-0.15, -0.1) is 0 Å². The van der Waals surface area contributed by atoms with Crippen LogP contribution in [0.25, 0.3) is 0 Å². The Morgan fingerprint density at radius 3 is 2.26 bits per heavy atom. The average Bonchev–Trinajstić information content (AvgIpc) is 2.95. The Morgan fingerprint density at radius 1 is 0.897 bits per heavy atom. The molecule has 2 saturated heterocycles. The third-order valence-corrected chi connectivity index (χ3v) is 8.38. The summed E-state index contributed by atoms with van der Waals surface area (Å²) in [6, 6.07) is 11.1. The minimum atomic E-state index is -0.279. The molecule has 3 N–H and O–H groups in total. The van der Waals surface area contributed by atoms with E-state index in [-0.39, 0.29) is 16.7 Å². The Labute approximate surface area is 235 Å². The van der Waals surface area contributed by atoms with Gasteiger partial charge in [0, 0.05) is 81.8 Å². The number of nitrogens with two attached hydrogens (primary N) is 1. The minimum Gasteiger partial charge on any atom is -0.375 e. The van der Waals surface area contributed by atoms with Gasteiger partial charge < -0.3 is 15.5 Å². The zero-order valence-corrected chi connectivity index (χ0v) is 23.3. The highest BCUT2D eigenvalue weighted by molar-refractivity contribution is 7.80. The van der Waals surface area contributed by atoms with Crippen LogP contribution in [0.15, 0.2) is 41.5 Å². The van der Waals surface area contributed by atoms with Crippen molar-refractivity contribution in [3.8, 4) is 0 Å². The quantitative estimate of drug-likeness (QED) is 0.305. The molecular weight excluding hydrogens is 516 g/mol. The fourth-order valence-corrected chi connectivity index (χ4v) is 6.19. The molecule has 2 heterocycles. The monoisotopic (exact) mass is 555 g/mol. The SMILES string of the molecule is NC(=S)N/N=C/c1cc(F)c(N2CCN(Cc3ccccc3F)CC2)cc1N1CCN(C2CCCCC2)CC1. The van der Waals surface area contributed by atoms with Crippen LogP contribution in [0, 0.1) is 11.6 Å². The average molecular weight is 556 g/mol. The molecule has 210 valence electrons. The van der Waals surface area contributed by atoms with E-state index < -0.39 is 0 Å². The van der Waals surface area contributed by atoms with Crippen LogP contribution >= 0.6 is 12.2 Å². The Balaban J connectivity index is 1.30. The summed E-state index contributed by atoms with van der Waals surface area (Å²) in [6.07, 6.45) is 8.21. The Hall–Kier alpha value is -2.82. The van der Waals surface area contributed by atoms with Gasteiger partial charge in [-0.05, 0) is 43.3 Å². The number of benzene rings is 2. The predicted molar refractivity (Wildman–Crippen MR) is 158 cm³/mol. The molecule has 3 fully saturated rings. The molecule has 2 aliphatic heterocycles. The zero-order valence-electron chi connectivity index (χ0n) is 22.5. The van der Waals surface area contributed by atoms with E-state index in [1.165, 1.54) is 38.2 Å². The molecule has 1 aliphatic carbocycles. The lowest BCUT2D eigenvalue weighted by atomic mass is 9.94. The third-order valence-electron chi connectivity index (χ3n) is 8.29. The van der Waals surface area contributed by atoms with E-state index in [0.29, 0.717) is 42.5 Å². The van der Waals surface area contributed by atoms with E-state index in [9.17, 15) is 4.39 Å². The molecule has 0 unspecified atom stereocenters. The van der Waals surface area contributed by atoms with Gasteiger partial charge in [-0.1, -0.05) is 37.5 Å². The second-order valence-electron chi connectivity index (χ2n) is 10.8. The topological polar surface area (TPSA) is 63.4 Å². The first-order valence-corrected chi connectivity index (χ1v) is 14.5. The maximum atomic E-state index is 15.5. The normalized spacial score (nSPS) is 20.1. The van der Waals surface area contributed by atoms with Crippen molar-refractivity contribution in [2.45, 2.75) is 44.7 Å². The van der Waals surface area contributed by atoms with Crippen LogP contribution in [0.2, 0.25) is 0 Å². The van der Waals surface area contributed by atoms with Gasteiger partial charge >= 0.3 is 0 Å². The van der Waals surface area contributed by atoms with Gasteiger partial charge in [0.2, 0.25) is 0 Å². The number of piperazine rings is 2. The van der Waals surface area contributed by atoms with E-state index in [2.05, 4.69) is 30.1 Å². The maximum absolute atomic E-state index is 15.5. The summed E-state index contributed by atoms with van der Waals surface area (Å²) < 4.78 is 29.6. The standard InChI is InChI=1S/C29H39F2N7S/c30-25-9-5-4-6-22(25)21-35-10-12-38(13-11-35)28-19-27(23(18-26(28)31)20-33-34-29(32)39)37-16-14-36(15-17-37)24-7-2-1-3-8-24/h4-6,9,18-20,24H,1-3,7-8,10-17,21H2,(H3,32,34,39)/b33-20+. The van der Waals surface area contributed by atoms with Gasteiger partial charge in [0.25, 0.3) is 0 Å². The van der Waals surface area contributed by atoms with Crippen molar-refractivity contribution < 1.29 is 8.78 Å². The summed E-state index contributed by atoms with van der Waals surface area (Å²) in [6.45, 7) is 7.19. The smallest absolute Gasteiger partial charge is 0.184 e. The minimum absolute atomic E-state index is 0.0687. The number of nitrogens with zero attached hydrogens (tertiary/aromatic N) is 5. The summed E-state index contributed by atoms with van der Waals surface area (Å²) in [5.74, 6) is -0.458. The highest BCUT2D eigenvalue weighted by Gasteiger charge is 2.28. The largest absolute Gasteiger partial charge is 0.375 e. The molecule has 2 aromatic carbocycles. The lowest BCUT2D eigenvalue weighted by Crippen LogP contribution is -2.51. The number of anilines is 2. The number of thiocarbonyl (C=S) groups is 1. The molecule has 39 heavy (non-hydrogen) atoms. The number of hydrazone groups is 1. The lowest BCUT2D eigenvalue weighted by Gasteiger charge is -2.42. The van der Waals surface area contributed by atoms with Gasteiger partial charge in [-0.3, -0.25) is 15.2 Å². The summed E-state index contributed by atoms with van der Waals surface area (Å²) in [5.41, 5.74) is 11.1. The predicted octanol–water partition coefficient (Wildman–Crippen LogP) is 3.91. The molecule has 0 bridgehead atoms. The van der Waals surface area contributed by atoms with E-state index in [4.69, 9.17) is 18.0 Å². The van der Waals surface area contributed by atoms with E-state index >= 15 is 4.39 Å².